The van der Waals surface area contributed by atoms with Gasteiger partial charge in [0.25, 0.3) is 0 Å². The average Bonchev–Trinajstić information content (AvgIpc) is 2.30. The van der Waals surface area contributed by atoms with Gasteiger partial charge in [0.05, 0.1) is 6.10 Å². The van der Waals surface area contributed by atoms with Crippen molar-refractivity contribution in [3.63, 3.8) is 0 Å². The van der Waals surface area contributed by atoms with Crippen LogP contribution < -0.4 is 0 Å². The summed E-state index contributed by atoms with van der Waals surface area (Å²) in [5, 5.41) is 10.0. The summed E-state index contributed by atoms with van der Waals surface area (Å²) < 4.78 is 0. The summed E-state index contributed by atoms with van der Waals surface area (Å²) in [5.74, 6) is 0. The molecule has 0 aliphatic heterocycles. The number of aliphatic hydroxyl groups excluding tert-OH is 1. The van der Waals surface area contributed by atoms with E-state index in [0.717, 1.165) is 5.56 Å². The van der Waals surface area contributed by atoms with Crippen molar-refractivity contribution in [2.45, 2.75) is 25.9 Å². The molecule has 0 fully saturated rings. The van der Waals surface area contributed by atoms with Crippen LogP contribution in [-0.4, -0.2) is 16.2 Å². The van der Waals surface area contributed by atoms with E-state index in [0.29, 0.717) is 12.8 Å². The number of aryl methyl sites for hydroxylation is 1. The van der Waals surface area contributed by atoms with Crippen LogP contribution in [0.3, 0.4) is 0 Å². The topological polar surface area (TPSA) is 33.1 Å². The van der Waals surface area contributed by atoms with Crippen molar-refractivity contribution in [3.05, 3.63) is 65.5 Å². The van der Waals surface area contributed by atoms with Crippen LogP contribution in [0.5, 0.6) is 0 Å². The van der Waals surface area contributed by atoms with E-state index in [1.807, 2.05) is 18.2 Å². The number of rotatable bonds is 4. The van der Waals surface area contributed by atoms with Gasteiger partial charge in [-0.25, -0.2) is 0 Å². The van der Waals surface area contributed by atoms with E-state index in [4.69, 9.17) is 0 Å². The average molecular weight is 227 g/mol. The van der Waals surface area contributed by atoms with E-state index < -0.39 is 0 Å². The lowest BCUT2D eigenvalue weighted by Gasteiger charge is -2.11. The minimum absolute atomic E-state index is 0.334. The minimum atomic E-state index is -0.334. The Balaban J connectivity index is 1.96. The standard InChI is InChI=1S/C15H17NO/c1-12-3-2-4-14(9-12)11-15(17)10-13-5-7-16-8-6-13/h2-9,15,17H,10-11H2,1H3. The molecule has 2 aromatic rings. The zero-order valence-corrected chi connectivity index (χ0v) is 10.0. The number of hydrogen-bond acceptors (Lipinski definition) is 2. The van der Waals surface area contributed by atoms with E-state index in [9.17, 15) is 5.11 Å². The number of aliphatic hydroxyl groups is 1. The number of pyridine rings is 1. The Morgan fingerprint density at radius 3 is 2.47 bits per heavy atom. The maximum atomic E-state index is 10.0. The van der Waals surface area contributed by atoms with Crippen LogP contribution in [0.25, 0.3) is 0 Å². The highest BCUT2D eigenvalue weighted by atomic mass is 16.3. The maximum Gasteiger partial charge on any atom is 0.0620 e. The molecular weight excluding hydrogens is 210 g/mol. The van der Waals surface area contributed by atoms with Gasteiger partial charge in [0.15, 0.2) is 0 Å². The Bertz CT molecular complexity index is 467. The van der Waals surface area contributed by atoms with Crippen LogP contribution in [0.4, 0.5) is 0 Å². The zero-order chi connectivity index (χ0) is 12.1. The second-order valence-corrected chi connectivity index (χ2v) is 4.41. The SMILES string of the molecule is Cc1cccc(CC(O)Cc2ccncc2)c1. The van der Waals surface area contributed by atoms with Crippen LogP contribution in [0.15, 0.2) is 48.8 Å². The van der Waals surface area contributed by atoms with E-state index in [-0.39, 0.29) is 6.10 Å². The molecule has 1 heterocycles. The van der Waals surface area contributed by atoms with Crippen LogP contribution in [-0.2, 0) is 12.8 Å². The second-order valence-electron chi connectivity index (χ2n) is 4.41. The maximum absolute atomic E-state index is 10.0. The Morgan fingerprint density at radius 1 is 1.06 bits per heavy atom. The van der Waals surface area contributed by atoms with Crippen molar-refractivity contribution in [1.82, 2.24) is 4.98 Å². The summed E-state index contributed by atoms with van der Waals surface area (Å²) in [7, 11) is 0. The molecule has 1 N–H and O–H groups in total. The summed E-state index contributed by atoms with van der Waals surface area (Å²) in [6.45, 7) is 2.07. The molecule has 1 aromatic heterocycles. The summed E-state index contributed by atoms with van der Waals surface area (Å²) in [5.41, 5.74) is 3.55. The minimum Gasteiger partial charge on any atom is -0.392 e. The highest BCUT2D eigenvalue weighted by Gasteiger charge is 2.06. The van der Waals surface area contributed by atoms with E-state index >= 15 is 0 Å². The van der Waals surface area contributed by atoms with Gasteiger partial charge in [0, 0.05) is 12.4 Å². The third-order valence-electron chi connectivity index (χ3n) is 2.77. The van der Waals surface area contributed by atoms with Crippen molar-refractivity contribution in [2.75, 3.05) is 0 Å². The summed E-state index contributed by atoms with van der Waals surface area (Å²) in [6, 6.07) is 12.2. The molecule has 0 spiro atoms. The van der Waals surface area contributed by atoms with Gasteiger partial charge in [-0.15, -0.1) is 0 Å². The Labute approximate surface area is 102 Å². The first-order chi connectivity index (χ1) is 8.24. The van der Waals surface area contributed by atoms with Gasteiger partial charge in [0.2, 0.25) is 0 Å². The molecule has 0 saturated carbocycles. The van der Waals surface area contributed by atoms with Gasteiger partial charge in [-0.2, -0.15) is 0 Å². The fourth-order valence-corrected chi connectivity index (χ4v) is 1.97. The van der Waals surface area contributed by atoms with Crippen molar-refractivity contribution in [3.8, 4) is 0 Å². The molecule has 0 aliphatic rings. The van der Waals surface area contributed by atoms with Gasteiger partial charge in [0.1, 0.15) is 0 Å². The smallest absolute Gasteiger partial charge is 0.0620 e. The lowest BCUT2D eigenvalue weighted by atomic mass is 10.0. The highest BCUT2D eigenvalue weighted by Crippen LogP contribution is 2.10. The highest BCUT2D eigenvalue weighted by molar-refractivity contribution is 5.23. The summed E-state index contributed by atoms with van der Waals surface area (Å²) >= 11 is 0. The van der Waals surface area contributed by atoms with Crippen molar-refractivity contribution < 1.29 is 5.11 Å². The van der Waals surface area contributed by atoms with E-state index in [1.54, 1.807) is 12.4 Å². The number of benzene rings is 1. The number of aromatic nitrogens is 1. The summed E-state index contributed by atoms with van der Waals surface area (Å²) in [4.78, 5) is 3.97. The molecule has 1 atom stereocenters. The van der Waals surface area contributed by atoms with Crippen LogP contribution in [0.2, 0.25) is 0 Å². The predicted molar refractivity (Wildman–Crippen MR) is 68.8 cm³/mol. The first-order valence-corrected chi connectivity index (χ1v) is 5.86. The predicted octanol–water partition coefficient (Wildman–Crippen LogP) is 2.54. The molecule has 0 radical (unpaired) electrons. The van der Waals surface area contributed by atoms with Gasteiger partial charge < -0.3 is 5.11 Å². The van der Waals surface area contributed by atoms with Gasteiger partial charge in [-0.1, -0.05) is 29.8 Å². The quantitative estimate of drug-likeness (QED) is 0.870. The zero-order valence-electron chi connectivity index (χ0n) is 10.0. The fourth-order valence-electron chi connectivity index (χ4n) is 1.97. The molecule has 2 heteroatoms. The largest absolute Gasteiger partial charge is 0.392 e. The van der Waals surface area contributed by atoms with Crippen molar-refractivity contribution in [1.29, 1.82) is 0 Å². The van der Waals surface area contributed by atoms with Gasteiger partial charge >= 0.3 is 0 Å². The Morgan fingerprint density at radius 2 is 1.76 bits per heavy atom. The normalized spacial score (nSPS) is 12.4. The van der Waals surface area contributed by atoms with Crippen LogP contribution in [0, 0.1) is 6.92 Å². The van der Waals surface area contributed by atoms with E-state index in [2.05, 4.69) is 30.1 Å². The van der Waals surface area contributed by atoms with Crippen LogP contribution >= 0.6 is 0 Å². The molecule has 2 nitrogen and oxygen atoms in total. The molecule has 1 unspecified atom stereocenters. The first-order valence-electron chi connectivity index (χ1n) is 5.86. The van der Waals surface area contributed by atoms with Gasteiger partial charge in [-0.05, 0) is 43.0 Å². The van der Waals surface area contributed by atoms with Crippen molar-refractivity contribution >= 4 is 0 Å². The first kappa shape index (κ1) is 11.8. The lowest BCUT2D eigenvalue weighted by Crippen LogP contribution is -2.13. The molecule has 17 heavy (non-hydrogen) atoms. The molecule has 0 amide bonds. The molecule has 1 aromatic carbocycles. The molecule has 0 aliphatic carbocycles. The number of nitrogens with zero attached hydrogens (tertiary/aromatic N) is 1. The van der Waals surface area contributed by atoms with Gasteiger partial charge in [-0.3, -0.25) is 4.98 Å². The monoisotopic (exact) mass is 227 g/mol. The molecule has 88 valence electrons. The number of hydrogen-bond donors (Lipinski definition) is 1. The third kappa shape index (κ3) is 3.68. The van der Waals surface area contributed by atoms with Crippen LogP contribution in [0.1, 0.15) is 16.7 Å². The lowest BCUT2D eigenvalue weighted by molar-refractivity contribution is 0.175. The molecule has 0 bridgehead atoms. The second kappa shape index (κ2) is 5.60. The molecular formula is C15H17NO. The van der Waals surface area contributed by atoms with Crippen molar-refractivity contribution in [2.24, 2.45) is 0 Å². The Kier molecular flexibility index (Phi) is 3.89. The molecule has 2 rings (SSSR count). The Hall–Kier alpha value is -1.67. The fraction of sp³-hybridized carbons (Fsp3) is 0.267. The van der Waals surface area contributed by atoms with E-state index in [1.165, 1.54) is 11.1 Å². The molecule has 0 saturated heterocycles. The third-order valence-corrected chi connectivity index (χ3v) is 2.77. The summed E-state index contributed by atoms with van der Waals surface area (Å²) in [6.07, 6.45) is 4.56.